The number of ether oxygens (including phenoxy) is 1. The molecule has 0 radical (unpaired) electrons. The van der Waals surface area contributed by atoms with Crippen LogP contribution in [0.2, 0.25) is 0 Å². The van der Waals surface area contributed by atoms with Crippen molar-refractivity contribution in [3.63, 3.8) is 0 Å². The zero-order valence-electron chi connectivity index (χ0n) is 17.7. The van der Waals surface area contributed by atoms with Crippen molar-refractivity contribution < 1.29 is 14.3 Å². The molecule has 1 aliphatic rings. The van der Waals surface area contributed by atoms with Crippen LogP contribution in [0.4, 0.5) is 5.69 Å². The number of amides is 1. The Balaban J connectivity index is 1.60. The predicted octanol–water partition coefficient (Wildman–Crippen LogP) is 4.17. The van der Waals surface area contributed by atoms with Gasteiger partial charge in [0.2, 0.25) is 0 Å². The van der Waals surface area contributed by atoms with Crippen molar-refractivity contribution in [3.05, 3.63) is 92.4 Å². The fourth-order valence-electron chi connectivity index (χ4n) is 4.16. The third kappa shape index (κ3) is 4.28. The highest BCUT2D eigenvalue weighted by Gasteiger charge is 2.29. The van der Waals surface area contributed by atoms with Gasteiger partial charge in [-0.3, -0.25) is 14.4 Å². The zero-order chi connectivity index (χ0) is 22.1. The average molecular weight is 416 g/mol. The Kier molecular flexibility index (Phi) is 5.46. The Morgan fingerprint density at radius 2 is 1.68 bits per heavy atom. The van der Waals surface area contributed by atoms with Crippen LogP contribution in [0.5, 0.6) is 5.75 Å². The van der Waals surface area contributed by atoms with E-state index in [0.717, 1.165) is 22.4 Å². The maximum atomic E-state index is 12.8. The molecular weight excluding hydrogens is 392 g/mol. The summed E-state index contributed by atoms with van der Waals surface area (Å²) < 4.78 is 5.19. The number of aromatic amines is 1. The summed E-state index contributed by atoms with van der Waals surface area (Å²) in [5, 5.41) is 2.77. The highest BCUT2D eigenvalue weighted by Crippen LogP contribution is 2.32. The monoisotopic (exact) mass is 416 g/mol. The van der Waals surface area contributed by atoms with Crippen LogP contribution in [0.15, 0.2) is 53.3 Å². The van der Waals surface area contributed by atoms with Crippen molar-refractivity contribution >= 4 is 17.4 Å². The summed E-state index contributed by atoms with van der Waals surface area (Å²) in [4.78, 5) is 41.0. The molecule has 6 nitrogen and oxygen atoms in total. The second-order valence-electron chi connectivity index (χ2n) is 8.04. The van der Waals surface area contributed by atoms with Crippen LogP contribution in [0, 0.1) is 13.8 Å². The SMILES string of the molecule is COc1ccc(C2CC(=O)c3cc(C(=O)Nc4cc(C)cc(C)c4)c(=O)[nH]c3C2)cc1. The normalized spacial score (nSPS) is 15.3. The molecule has 1 atom stereocenters. The van der Waals surface area contributed by atoms with Gasteiger partial charge in [-0.15, -0.1) is 0 Å². The highest BCUT2D eigenvalue weighted by atomic mass is 16.5. The number of hydrogen-bond acceptors (Lipinski definition) is 4. The lowest BCUT2D eigenvalue weighted by molar-refractivity contribution is 0.0963. The minimum atomic E-state index is -0.529. The summed E-state index contributed by atoms with van der Waals surface area (Å²) in [6.45, 7) is 3.87. The molecule has 0 saturated carbocycles. The largest absolute Gasteiger partial charge is 0.497 e. The third-order valence-corrected chi connectivity index (χ3v) is 5.62. The predicted molar refractivity (Wildman–Crippen MR) is 119 cm³/mol. The zero-order valence-corrected chi connectivity index (χ0v) is 17.7. The molecule has 3 aromatic rings. The Labute approximate surface area is 180 Å². The van der Waals surface area contributed by atoms with E-state index < -0.39 is 11.5 Å². The van der Waals surface area contributed by atoms with Crippen LogP contribution in [0.3, 0.4) is 0 Å². The summed E-state index contributed by atoms with van der Waals surface area (Å²) >= 11 is 0. The second-order valence-corrected chi connectivity index (χ2v) is 8.04. The number of hydrogen-bond donors (Lipinski definition) is 2. The van der Waals surface area contributed by atoms with Crippen molar-refractivity contribution in [1.29, 1.82) is 0 Å². The van der Waals surface area contributed by atoms with Crippen molar-refractivity contribution in [3.8, 4) is 5.75 Å². The number of ketones is 1. The van der Waals surface area contributed by atoms with Crippen LogP contribution in [0.25, 0.3) is 0 Å². The van der Waals surface area contributed by atoms with E-state index in [1.165, 1.54) is 6.07 Å². The first-order valence-corrected chi connectivity index (χ1v) is 10.2. The Morgan fingerprint density at radius 3 is 2.32 bits per heavy atom. The summed E-state index contributed by atoms with van der Waals surface area (Å²) in [6.07, 6.45) is 0.852. The van der Waals surface area contributed by atoms with Crippen LogP contribution in [0.1, 0.15) is 55.4 Å². The van der Waals surface area contributed by atoms with Crippen LogP contribution in [-0.4, -0.2) is 23.8 Å². The van der Waals surface area contributed by atoms with Gasteiger partial charge in [0.05, 0.1) is 7.11 Å². The molecule has 6 heteroatoms. The number of methoxy groups -OCH3 is 1. The number of carbonyl (C=O) groups is 2. The number of pyridine rings is 1. The number of benzene rings is 2. The number of rotatable bonds is 4. The lowest BCUT2D eigenvalue weighted by Crippen LogP contribution is -2.29. The van der Waals surface area contributed by atoms with E-state index in [1.807, 2.05) is 56.3 Å². The lowest BCUT2D eigenvalue weighted by Gasteiger charge is -2.24. The van der Waals surface area contributed by atoms with Crippen molar-refractivity contribution in [1.82, 2.24) is 4.98 Å². The smallest absolute Gasteiger partial charge is 0.261 e. The van der Waals surface area contributed by atoms with Gasteiger partial charge in [0.15, 0.2) is 5.78 Å². The van der Waals surface area contributed by atoms with Gasteiger partial charge in [0.1, 0.15) is 11.3 Å². The molecule has 158 valence electrons. The fraction of sp³-hybridized carbons (Fsp3) is 0.240. The van der Waals surface area contributed by atoms with Gasteiger partial charge in [0.25, 0.3) is 11.5 Å². The van der Waals surface area contributed by atoms with E-state index in [1.54, 1.807) is 7.11 Å². The van der Waals surface area contributed by atoms with Crippen LogP contribution in [-0.2, 0) is 6.42 Å². The number of fused-ring (bicyclic) bond motifs is 1. The van der Waals surface area contributed by atoms with E-state index in [4.69, 9.17) is 4.74 Å². The standard InChI is InChI=1S/C25H24N2O4/c1-14-8-15(2)10-18(9-14)26-24(29)21-13-20-22(27-25(21)30)11-17(12-23(20)28)16-4-6-19(31-3)7-5-16/h4-10,13,17H,11-12H2,1-3H3,(H,26,29)(H,27,30). The molecule has 0 bridgehead atoms. The molecule has 0 aliphatic heterocycles. The molecule has 31 heavy (non-hydrogen) atoms. The first-order chi connectivity index (χ1) is 14.8. The topological polar surface area (TPSA) is 88.3 Å². The molecule has 0 spiro atoms. The van der Waals surface area contributed by atoms with Crippen molar-refractivity contribution in [2.45, 2.75) is 32.6 Å². The minimum Gasteiger partial charge on any atom is -0.497 e. The molecule has 4 rings (SSSR count). The van der Waals surface area contributed by atoms with E-state index >= 15 is 0 Å². The summed E-state index contributed by atoms with van der Waals surface area (Å²) in [5.74, 6) is 0.105. The number of nitrogens with one attached hydrogen (secondary N) is 2. The van der Waals surface area contributed by atoms with Gasteiger partial charge in [-0.1, -0.05) is 18.2 Å². The summed E-state index contributed by atoms with van der Waals surface area (Å²) in [5.41, 5.74) is 4.07. The van der Waals surface area contributed by atoms with Gasteiger partial charge in [-0.05, 0) is 73.2 Å². The molecule has 1 unspecified atom stereocenters. The van der Waals surface area contributed by atoms with Crippen molar-refractivity contribution in [2.24, 2.45) is 0 Å². The third-order valence-electron chi connectivity index (χ3n) is 5.62. The molecule has 0 saturated heterocycles. The van der Waals surface area contributed by atoms with Crippen LogP contribution < -0.4 is 15.6 Å². The van der Waals surface area contributed by atoms with E-state index in [2.05, 4.69) is 10.3 Å². The number of H-pyrrole nitrogens is 1. The number of carbonyl (C=O) groups excluding carboxylic acids is 2. The highest BCUT2D eigenvalue weighted by molar-refractivity contribution is 6.06. The van der Waals surface area contributed by atoms with Gasteiger partial charge in [0, 0.05) is 23.4 Å². The number of aromatic nitrogens is 1. The van der Waals surface area contributed by atoms with Gasteiger partial charge in [-0.2, -0.15) is 0 Å². The first kappa shape index (κ1) is 20.6. The molecule has 0 fully saturated rings. The summed E-state index contributed by atoms with van der Waals surface area (Å²) in [7, 11) is 1.61. The molecule has 1 aliphatic carbocycles. The van der Waals surface area contributed by atoms with Crippen molar-refractivity contribution in [2.75, 3.05) is 12.4 Å². The van der Waals surface area contributed by atoms with Gasteiger partial charge < -0.3 is 15.0 Å². The Bertz CT molecular complexity index is 1210. The molecule has 1 aromatic heterocycles. The molecule has 2 aromatic carbocycles. The minimum absolute atomic E-state index is 0.0310. The Hall–Kier alpha value is -3.67. The number of Topliss-reactive ketones (excluding diaryl/α,β-unsaturated/α-hetero) is 1. The molecule has 1 heterocycles. The maximum absolute atomic E-state index is 12.8. The van der Waals surface area contributed by atoms with E-state index in [9.17, 15) is 14.4 Å². The van der Waals surface area contributed by atoms with E-state index in [-0.39, 0.29) is 17.3 Å². The average Bonchev–Trinajstić information content (AvgIpc) is 2.72. The number of anilines is 1. The maximum Gasteiger partial charge on any atom is 0.261 e. The quantitative estimate of drug-likeness (QED) is 0.668. The molecule has 1 amide bonds. The fourth-order valence-corrected chi connectivity index (χ4v) is 4.16. The molecular formula is C25H24N2O4. The first-order valence-electron chi connectivity index (χ1n) is 10.2. The van der Waals surface area contributed by atoms with Gasteiger partial charge >= 0.3 is 0 Å². The Morgan fingerprint density at radius 1 is 1.00 bits per heavy atom. The second kappa shape index (κ2) is 8.22. The summed E-state index contributed by atoms with van der Waals surface area (Å²) in [6, 6.07) is 14.7. The number of aryl methyl sites for hydroxylation is 2. The molecule has 2 N–H and O–H groups in total. The van der Waals surface area contributed by atoms with Crippen LogP contribution >= 0.6 is 0 Å². The lowest BCUT2D eigenvalue weighted by atomic mass is 9.81. The van der Waals surface area contributed by atoms with Gasteiger partial charge in [-0.25, -0.2) is 0 Å². The van der Waals surface area contributed by atoms with E-state index in [0.29, 0.717) is 29.8 Å².